The van der Waals surface area contributed by atoms with Gasteiger partial charge in [0, 0.05) is 23.0 Å². The van der Waals surface area contributed by atoms with E-state index in [1.54, 1.807) is 12.1 Å². The number of rotatable bonds is 4. The van der Waals surface area contributed by atoms with Gasteiger partial charge >= 0.3 is 0 Å². The number of aliphatic hydroxyl groups excluding tert-OH is 1. The van der Waals surface area contributed by atoms with Crippen LogP contribution in [0, 0.1) is 19.7 Å². The molecule has 0 aliphatic carbocycles. The molecule has 2 aromatic carbocycles. The molecule has 3 N–H and O–H groups in total. The molecule has 0 aromatic heterocycles. The van der Waals surface area contributed by atoms with Crippen LogP contribution in [0.3, 0.4) is 0 Å². The van der Waals surface area contributed by atoms with Gasteiger partial charge in [-0.2, -0.15) is 0 Å². The summed E-state index contributed by atoms with van der Waals surface area (Å²) in [5.41, 5.74) is 8.79. The second-order valence-corrected chi connectivity index (χ2v) is 5.69. The molecule has 21 heavy (non-hydrogen) atoms. The van der Waals surface area contributed by atoms with Crippen LogP contribution < -0.4 is 5.73 Å². The zero-order valence-corrected chi connectivity index (χ0v) is 12.9. The van der Waals surface area contributed by atoms with Gasteiger partial charge in [0.25, 0.3) is 0 Å². The average Bonchev–Trinajstić information content (AvgIpc) is 2.45. The lowest BCUT2D eigenvalue weighted by atomic mass is 9.86. The summed E-state index contributed by atoms with van der Waals surface area (Å²) in [6.45, 7) is 3.97. The fourth-order valence-electron chi connectivity index (χ4n) is 2.56. The lowest BCUT2D eigenvalue weighted by molar-refractivity contribution is 0.145. The van der Waals surface area contributed by atoms with Gasteiger partial charge in [-0.1, -0.05) is 41.4 Å². The largest absolute Gasteiger partial charge is 0.388 e. The van der Waals surface area contributed by atoms with Crippen molar-refractivity contribution in [2.75, 3.05) is 6.54 Å². The van der Waals surface area contributed by atoms with Crippen molar-refractivity contribution in [1.82, 2.24) is 0 Å². The molecule has 2 unspecified atom stereocenters. The summed E-state index contributed by atoms with van der Waals surface area (Å²) in [5, 5.41) is 11.0. The van der Waals surface area contributed by atoms with E-state index in [1.165, 1.54) is 6.07 Å². The first-order valence-corrected chi connectivity index (χ1v) is 7.22. The summed E-state index contributed by atoms with van der Waals surface area (Å²) < 4.78 is 14.1. The third kappa shape index (κ3) is 3.26. The second-order valence-electron chi connectivity index (χ2n) is 5.28. The maximum Gasteiger partial charge on any atom is 0.128 e. The zero-order valence-electron chi connectivity index (χ0n) is 12.1. The Morgan fingerprint density at radius 1 is 1.24 bits per heavy atom. The first kappa shape index (κ1) is 16.0. The molecular weight excluding hydrogens is 289 g/mol. The Labute approximate surface area is 129 Å². The highest BCUT2D eigenvalue weighted by Gasteiger charge is 2.27. The molecule has 0 spiro atoms. The summed E-state index contributed by atoms with van der Waals surface area (Å²) in [4.78, 5) is 0. The van der Waals surface area contributed by atoms with E-state index in [4.69, 9.17) is 17.3 Å². The maximum atomic E-state index is 14.1. The molecular formula is C17H19ClFNO. The van der Waals surface area contributed by atoms with Crippen LogP contribution in [-0.4, -0.2) is 11.7 Å². The molecule has 0 aliphatic heterocycles. The minimum Gasteiger partial charge on any atom is -0.388 e. The van der Waals surface area contributed by atoms with Crippen molar-refractivity contribution < 1.29 is 9.50 Å². The highest BCUT2D eigenvalue weighted by atomic mass is 35.5. The van der Waals surface area contributed by atoms with E-state index in [0.29, 0.717) is 0 Å². The SMILES string of the molecule is Cc1ccc(C)c(C(O)C(CN)c2c(F)cccc2Cl)c1. The van der Waals surface area contributed by atoms with Gasteiger partial charge < -0.3 is 10.8 Å². The highest BCUT2D eigenvalue weighted by Crippen LogP contribution is 2.37. The smallest absolute Gasteiger partial charge is 0.128 e. The quantitative estimate of drug-likeness (QED) is 0.900. The molecule has 0 heterocycles. The Bertz CT molecular complexity index is 624. The number of aliphatic hydroxyl groups is 1. The summed E-state index contributed by atoms with van der Waals surface area (Å²) >= 11 is 6.10. The van der Waals surface area contributed by atoms with Crippen molar-refractivity contribution in [2.45, 2.75) is 25.9 Å². The molecule has 0 bridgehead atoms. The van der Waals surface area contributed by atoms with Gasteiger partial charge in [-0.05, 0) is 37.1 Å². The molecule has 0 amide bonds. The van der Waals surface area contributed by atoms with E-state index < -0.39 is 17.8 Å². The maximum absolute atomic E-state index is 14.1. The molecule has 0 radical (unpaired) electrons. The fraction of sp³-hybridized carbons (Fsp3) is 0.294. The van der Waals surface area contributed by atoms with Crippen molar-refractivity contribution in [2.24, 2.45) is 5.73 Å². The van der Waals surface area contributed by atoms with E-state index in [9.17, 15) is 9.50 Å². The number of hydrogen-bond donors (Lipinski definition) is 2. The van der Waals surface area contributed by atoms with Crippen molar-refractivity contribution in [3.8, 4) is 0 Å². The van der Waals surface area contributed by atoms with E-state index in [1.807, 2.05) is 32.0 Å². The molecule has 0 aliphatic rings. The van der Waals surface area contributed by atoms with Crippen LogP contribution in [0.15, 0.2) is 36.4 Å². The van der Waals surface area contributed by atoms with Crippen LogP contribution in [0.2, 0.25) is 5.02 Å². The monoisotopic (exact) mass is 307 g/mol. The van der Waals surface area contributed by atoms with Crippen molar-refractivity contribution in [1.29, 1.82) is 0 Å². The van der Waals surface area contributed by atoms with Gasteiger partial charge in [0.15, 0.2) is 0 Å². The van der Waals surface area contributed by atoms with Gasteiger partial charge in [0.05, 0.1) is 6.10 Å². The number of benzene rings is 2. The van der Waals surface area contributed by atoms with Crippen LogP contribution in [0.5, 0.6) is 0 Å². The van der Waals surface area contributed by atoms with Crippen LogP contribution in [0.4, 0.5) is 4.39 Å². The zero-order chi connectivity index (χ0) is 15.6. The van der Waals surface area contributed by atoms with E-state index >= 15 is 0 Å². The number of halogens is 2. The summed E-state index contributed by atoms with van der Waals surface area (Å²) in [6, 6.07) is 10.3. The Kier molecular flexibility index (Phi) is 4.99. The number of nitrogens with two attached hydrogens (primary N) is 1. The number of hydrogen-bond acceptors (Lipinski definition) is 2. The number of aryl methyl sites for hydroxylation is 2. The molecule has 2 rings (SSSR count). The minimum absolute atomic E-state index is 0.106. The predicted octanol–water partition coefficient (Wildman–Crippen LogP) is 3.87. The highest BCUT2D eigenvalue weighted by molar-refractivity contribution is 6.31. The Morgan fingerprint density at radius 2 is 1.95 bits per heavy atom. The van der Waals surface area contributed by atoms with Crippen LogP contribution in [0.25, 0.3) is 0 Å². The van der Waals surface area contributed by atoms with Crippen LogP contribution in [0.1, 0.15) is 34.3 Å². The summed E-state index contributed by atoms with van der Waals surface area (Å²) in [5.74, 6) is -1.03. The molecule has 2 nitrogen and oxygen atoms in total. The topological polar surface area (TPSA) is 46.2 Å². The molecule has 2 atom stereocenters. The van der Waals surface area contributed by atoms with Gasteiger partial charge in [-0.3, -0.25) is 0 Å². The van der Waals surface area contributed by atoms with Crippen LogP contribution >= 0.6 is 11.6 Å². The van der Waals surface area contributed by atoms with E-state index in [-0.39, 0.29) is 17.1 Å². The lowest BCUT2D eigenvalue weighted by Gasteiger charge is -2.25. The van der Waals surface area contributed by atoms with Crippen molar-refractivity contribution in [3.05, 3.63) is 69.5 Å². The van der Waals surface area contributed by atoms with E-state index in [0.717, 1.165) is 16.7 Å². The molecule has 0 fully saturated rings. The Hall–Kier alpha value is -1.42. The Balaban J connectivity index is 2.48. The summed E-state index contributed by atoms with van der Waals surface area (Å²) in [7, 11) is 0. The van der Waals surface area contributed by atoms with Crippen molar-refractivity contribution >= 4 is 11.6 Å². The first-order valence-electron chi connectivity index (χ1n) is 6.85. The third-order valence-corrected chi connectivity index (χ3v) is 4.09. The fourth-order valence-corrected chi connectivity index (χ4v) is 2.87. The van der Waals surface area contributed by atoms with Crippen LogP contribution in [-0.2, 0) is 0 Å². The lowest BCUT2D eigenvalue weighted by Crippen LogP contribution is -2.22. The molecule has 4 heteroatoms. The molecule has 2 aromatic rings. The predicted molar refractivity (Wildman–Crippen MR) is 84.1 cm³/mol. The normalized spacial score (nSPS) is 14.0. The summed E-state index contributed by atoms with van der Waals surface area (Å²) in [6.07, 6.45) is -0.899. The van der Waals surface area contributed by atoms with Crippen molar-refractivity contribution in [3.63, 3.8) is 0 Å². The van der Waals surface area contributed by atoms with Gasteiger partial charge in [-0.25, -0.2) is 4.39 Å². The third-order valence-electron chi connectivity index (χ3n) is 3.76. The molecule has 0 saturated heterocycles. The molecule has 112 valence electrons. The average molecular weight is 308 g/mol. The minimum atomic E-state index is -0.899. The Morgan fingerprint density at radius 3 is 2.57 bits per heavy atom. The van der Waals surface area contributed by atoms with E-state index in [2.05, 4.69) is 0 Å². The molecule has 0 saturated carbocycles. The van der Waals surface area contributed by atoms with Gasteiger partial charge in [0.1, 0.15) is 5.82 Å². The first-order chi connectivity index (χ1) is 9.95. The van der Waals surface area contributed by atoms with Gasteiger partial charge in [-0.15, -0.1) is 0 Å². The second kappa shape index (κ2) is 6.56. The standard InChI is InChI=1S/C17H19ClFNO/c1-10-6-7-11(2)12(8-10)17(21)13(9-20)16-14(18)4-3-5-15(16)19/h3-8,13,17,21H,9,20H2,1-2H3. The van der Waals surface area contributed by atoms with Gasteiger partial charge in [0.2, 0.25) is 0 Å².